The smallest absolute Gasteiger partial charge is 0.203 e. The maximum atomic E-state index is 10.7. The number of hydrogen-bond donors (Lipinski definition) is 4. The molecule has 2 aliphatic rings. The van der Waals surface area contributed by atoms with Crippen molar-refractivity contribution in [3.8, 4) is 0 Å². The van der Waals surface area contributed by atoms with Gasteiger partial charge in [-0.3, -0.25) is 0 Å². The Kier molecular flexibility index (Phi) is 5.62. The minimum atomic E-state index is -1.00. The van der Waals surface area contributed by atoms with Crippen molar-refractivity contribution in [1.29, 1.82) is 0 Å². The summed E-state index contributed by atoms with van der Waals surface area (Å²) < 4.78 is 5.78. The van der Waals surface area contributed by atoms with Crippen LogP contribution in [-0.2, 0) is 11.3 Å². The second kappa shape index (κ2) is 7.54. The van der Waals surface area contributed by atoms with E-state index < -0.39 is 12.4 Å². The summed E-state index contributed by atoms with van der Waals surface area (Å²) in [7, 11) is 0. The fraction of sp³-hybridized carbons (Fsp3) is 0.667. The van der Waals surface area contributed by atoms with Crippen molar-refractivity contribution in [2.45, 2.75) is 51.0 Å². The van der Waals surface area contributed by atoms with Crippen molar-refractivity contribution < 1.29 is 14.9 Å². The van der Waals surface area contributed by atoms with Gasteiger partial charge in [0.25, 0.3) is 0 Å². The Hall–Kier alpha value is -0.920. The third kappa shape index (κ3) is 3.53. The Bertz CT molecular complexity index is 581. The minimum Gasteiger partial charge on any atom is -0.469 e. The summed E-state index contributed by atoms with van der Waals surface area (Å²) in [6, 6.07) is 4.13. The summed E-state index contributed by atoms with van der Waals surface area (Å²) in [5.41, 5.74) is 11.5. The zero-order chi connectivity index (χ0) is 17.3. The van der Waals surface area contributed by atoms with Crippen LogP contribution in [0, 0.1) is 17.8 Å². The molecule has 1 aliphatic heterocycles. The summed E-state index contributed by atoms with van der Waals surface area (Å²) in [4.78, 5) is 2.31. The summed E-state index contributed by atoms with van der Waals surface area (Å²) in [5, 5.41) is 21.4. The lowest BCUT2D eigenvalue weighted by Gasteiger charge is -2.38. The molecule has 3 rings (SSSR count). The van der Waals surface area contributed by atoms with E-state index in [2.05, 4.69) is 6.07 Å². The Morgan fingerprint density at radius 3 is 2.54 bits per heavy atom. The zero-order valence-corrected chi connectivity index (χ0v) is 14.9. The number of ether oxygens (including phenoxy) is 1. The average molecular weight is 353 g/mol. The minimum absolute atomic E-state index is 0.0419. The molecule has 134 valence electrons. The Balaban J connectivity index is 1.86. The second-order valence-electron chi connectivity index (χ2n) is 6.86. The lowest BCUT2D eigenvalue weighted by molar-refractivity contribution is -0.155. The second-order valence-corrected chi connectivity index (χ2v) is 8.06. The number of hydrogen-bond acceptors (Lipinski definition) is 6. The molecule has 0 radical (unpaired) electrons. The van der Waals surface area contributed by atoms with Gasteiger partial charge in [-0.2, -0.15) is 0 Å². The first kappa shape index (κ1) is 17.9. The highest BCUT2D eigenvalue weighted by molar-refractivity contribution is 7.12. The molecule has 2 heterocycles. The number of thiophene rings is 1. The monoisotopic (exact) mass is 352 g/mol. The Labute approximate surface area is 147 Å². The molecule has 5 nitrogen and oxygen atoms in total. The third-order valence-electron chi connectivity index (χ3n) is 5.25. The van der Waals surface area contributed by atoms with E-state index in [4.69, 9.17) is 16.2 Å². The Morgan fingerprint density at radius 1 is 1.29 bits per heavy atom. The van der Waals surface area contributed by atoms with Crippen molar-refractivity contribution in [2.24, 2.45) is 29.2 Å². The maximum Gasteiger partial charge on any atom is 0.203 e. The van der Waals surface area contributed by atoms with Gasteiger partial charge >= 0.3 is 0 Å². The predicted octanol–water partition coefficient (Wildman–Crippen LogP) is 1.89. The van der Waals surface area contributed by atoms with Crippen LogP contribution in [0.4, 0.5) is 0 Å². The van der Waals surface area contributed by atoms with Crippen molar-refractivity contribution in [2.75, 3.05) is 6.54 Å². The van der Waals surface area contributed by atoms with Gasteiger partial charge in [-0.1, -0.05) is 6.92 Å². The highest BCUT2D eigenvalue weighted by Crippen LogP contribution is 2.51. The molecule has 0 bridgehead atoms. The van der Waals surface area contributed by atoms with Gasteiger partial charge in [-0.25, -0.2) is 0 Å². The molecule has 1 aromatic rings. The van der Waals surface area contributed by atoms with Crippen molar-refractivity contribution in [1.82, 2.24) is 0 Å². The van der Waals surface area contributed by atoms with E-state index in [1.54, 1.807) is 17.4 Å². The number of aliphatic hydroxyl groups excluding tert-OH is 2. The summed E-state index contributed by atoms with van der Waals surface area (Å²) in [6.07, 6.45) is 3.11. The van der Waals surface area contributed by atoms with Crippen LogP contribution in [0.25, 0.3) is 0 Å². The van der Waals surface area contributed by atoms with Gasteiger partial charge in [-0.15, -0.1) is 11.3 Å². The summed E-state index contributed by atoms with van der Waals surface area (Å²) in [6.45, 7) is 3.00. The number of rotatable bonds is 7. The van der Waals surface area contributed by atoms with Gasteiger partial charge in [0.1, 0.15) is 5.76 Å². The number of aliphatic hydroxyl groups is 2. The topological polar surface area (TPSA) is 102 Å². The molecule has 0 amide bonds. The molecule has 6 heteroatoms. The van der Waals surface area contributed by atoms with E-state index in [-0.39, 0.29) is 17.8 Å². The van der Waals surface area contributed by atoms with Crippen LogP contribution in [0.1, 0.15) is 41.9 Å². The fourth-order valence-electron chi connectivity index (χ4n) is 3.69. The van der Waals surface area contributed by atoms with Crippen LogP contribution >= 0.6 is 11.3 Å². The van der Waals surface area contributed by atoms with Gasteiger partial charge < -0.3 is 26.4 Å². The molecule has 1 aliphatic carbocycles. The van der Waals surface area contributed by atoms with Crippen LogP contribution in [0.2, 0.25) is 0 Å². The van der Waals surface area contributed by atoms with Crippen LogP contribution < -0.4 is 11.5 Å². The zero-order valence-electron chi connectivity index (χ0n) is 14.1. The SMILES string of the molecule is CC[C@@H](CN)C1=CC(O)C(C(c2ccc(CN)s2)C2CC2)C(O)O1. The average Bonchev–Trinajstić information content (AvgIpc) is 3.28. The lowest BCUT2D eigenvalue weighted by atomic mass is 9.80. The van der Waals surface area contributed by atoms with Gasteiger partial charge in [-0.05, 0) is 43.4 Å². The van der Waals surface area contributed by atoms with E-state index in [0.717, 1.165) is 24.1 Å². The van der Waals surface area contributed by atoms with Gasteiger partial charge in [0.15, 0.2) is 0 Å². The molecule has 1 fully saturated rings. The first-order valence-corrected chi connectivity index (χ1v) is 9.63. The number of nitrogens with two attached hydrogens (primary N) is 2. The van der Waals surface area contributed by atoms with Crippen LogP contribution in [0.3, 0.4) is 0 Å². The molecule has 4 unspecified atom stereocenters. The maximum absolute atomic E-state index is 10.7. The highest BCUT2D eigenvalue weighted by Gasteiger charge is 2.47. The molecular weight excluding hydrogens is 324 g/mol. The van der Waals surface area contributed by atoms with E-state index in [1.807, 2.05) is 13.0 Å². The van der Waals surface area contributed by atoms with Crippen molar-refractivity contribution in [3.63, 3.8) is 0 Å². The highest BCUT2D eigenvalue weighted by atomic mass is 32.1. The molecule has 6 N–H and O–H groups in total. The van der Waals surface area contributed by atoms with Crippen LogP contribution in [0.5, 0.6) is 0 Å². The lowest BCUT2D eigenvalue weighted by Crippen LogP contribution is -2.42. The molecule has 0 aromatic carbocycles. The first-order chi connectivity index (χ1) is 11.6. The summed E-state index contributed by atoms with van der Waals surface area (Å²) >= 11 is 1.68. The Morgan fingerprint density at radius 2 is 2.04 bits per heavy atom. The standard InChI is InChI=1S/C18H28N2O3S/c1-2-10(8-19)14-7-13(21)17(18(22)23-14)16(11-3-4-11)15-6-5-12(9-20)24-15/h5-7,10-11,13,16-18,21-22H,2-4,8-9,19-20H2,1H3/t10-,13?,16?,17?,18?/m0/s1. The van der Waals surface area contributed by atoms with Crippen LogP contribution in [-0.4, -0.2) is 29.2 Å². The molecule has 1 aromatic heterocycles. The van der Waals surface area contributed by atoms with E-state index in [1.165, 1.54) is 4.88 Å². The molecular formula is C18H28N2O3S. The molecule has 0 saturated heterocycles. The van der Waals surface area contributed by atoms with E-state index in [9.17, 15) is 10.2 Å². The largest absolute Gasteiger partial charge is 0.469 e. The first-order valence-electron chi connectivity index (χ1n) is 8.82. The van der Waals surface area contributed by atoms with E-state index in [0.29, 0.717) is 24.8 Å². The van der Waals surface area contributed by atoms with Crippen LogP contribution in [0.15, 0.2) is 24.0 Å². The van der Waals surface area contributed by atoms with E-state index >= 15 is 0 Å². The van der Waals surface area contributed by atoms with Gasteiger partial charge in [0, 0.05) is 34.7 Å². The molecule has 0 spiro atoms. The quantitative estimate of drug-likeness (QED) is 0.600. The summed E-state index contributed by atoms with van der Waals surface area (Å²) in [5.74, 6) is 0.926. The third-order valence-corrected chi connectivity index (χ3v) is 6.46. The fourth-order valence-corrected chi connectivity index (χ4v) is 4.83. The van der Waals surface area contributed by atoms with Crippen molar-refractivity contribution in [3.05, 3.63) is 33.7 Å². The van der Waals surface area contributed by atoms with Crippen molar-refractivity contribution >= 4 is 11.3 Å². The molecule has 1 saturated carbocycles. The normalized spacial score (nSPS) is 29.7. The van der Waals surface area contributed by atoms with Gasteiger partial charge in [0.05, 0.1) is 12.0 Å². The molecule has 24 heavy (non-hydrogen) atoms. The predicted molar refractivity (Wildman–Crippen MR) is 95.2 cm³/mol. The van der Waals surface area contributed by atoms with Gasteiger partial charge in [0.2, 0.25) is 6.29 Å². The molecule has 5 atom stereocenters.